The maximum Gasteiger partial charge on any atom is 0.329 e. The molecule has 1 heterocycles. The lowest BCUT2D eigenvalue weighted by atomic mass is 9.84. The molecule has 0 unspecified atom stereocenters. The molecule has 1 fully saturated rings. The van der Waals surface area contributed by atoms with Gasteiger partial charge in [0.2, 0.25) is 5.91 Å². The molecular formula is C21H23NO4. The molecule has 1 N–H and O–H groups in total. The standard InChI is InChI=1S/C21H23NO4/c1-25-21(24)19(22-20(23)17-13-8-14-26-17)18(15-9-4-2-5-10-15)16-11-6-3-7-12-16/h2-7,9-12,17-19H,8,13-14H2,1H3,(H,22,23)/t17-,19+/m1/s1. The van der Waals surface area contributed by atoms with Gasteiger partial charge in [0.15, 0.2) is 0 Å². The summed E-state index contributed by atoms with van der Waals surface area (Å²) in [4.78, 5) is 25.2. The highest BCUT2D eigenvalue weighted by atomic mass is 16.5. The van der Waals surface area contributed by atoms with Crippen LogP contribution in [0.2, 0.25) is 0 Å². The molecule has 1 aliphatic heterocycles. The van der Waals surface area contributed by atoms with Crippen LogP contribution < -0.4 is 5.32 Å². The highest BCUT2D eigenvalue weighted by Crippen LogP contribution is 2.29. The second-order valence-electron chi connectivity index (χ2n) is 6.31. The van der Waals surface area contributed by atoms with E-state index in [1.165, 1.54) is 7.11 Å². The molecule has 0 spiro atoms. The molecule has 2 aromatic rings. The Morgan fingerprint density at radius 1 is 1.04 bits per heavy atom. The van der Waals surface area contributed by atoms with Crippen LogP contribution in [0.3, 0.4) is 0 Å². The largest absolute Gasteiger partial charge is 0.467 e. The van der Waals surface area contributed by atoms with Crippen LogP contribution in [-0.4, -0.2) is 37.7 Å². The summed E-state index contributed by atoms with van der Waals surface area (Å²) in [7, 11) is 1.33. The zero-order valence-corrected chi connectivity index (χ0v) is 14.8. The molecule has 5 heteroatoms. The van der Waals surface area contributed by atoms with E-state index in [1.807, 2.05) is 60.7 Å². The molecule has 5 nitrogen and oxygen atoms in total. The highest BCUT2D eigenvalue weighted by molar-refractivity contribution is 5.88. The third kappa shape index (κ3) is 4.11. The predicted molar refractivity (Wildman–Crippen MR) is 97.6 cm³/mol. The molecule has 2 atom stereocenters. The Hall–Kier alpha value is -2.66. The second-order valence-corrected chi connectivity index (χ2v) is 6.31. The van der Waals surface area contributed by atoms with E-state index in [2.05, 4.69) is 5.32 Å². The summed E-state index contributed by atoms with van der Waals surface area (Å²) in [6, 6.07) is 18.5. The van der Waals surface area contributed by atoms with Crippen LogP contribution in [0.1, 0.15) is 29.9 Å². The number of carbonyl (C=O) groups is 2. The highest BCUT2D eigenvalue weighted by Gasteiger charge is 2.35. The van der Waals surface area contributed by atoms with Crippen LogP contribution in [0, 0.1) is 0 Å². The summed E-state index contributed by atoms with van der Waals surface area (Å²) in [5.41, 5.74) is 1.86. The maximum atomic E-state index is 12.6. The van der Waals surface area contributed by atoms with Crippen molar-refractivity contribution in [3.8, 4) is 0 Å². The number of methoxy groups -OCH3 is 1. The summed E-state index contributed by atoms with van der Waals surface area (Å²) < 4.78 is 10.5. The van der Waals surface area contributed by atoms with Crippen molar-refractivity contribution in [2.24, 2.45) is 0 Å². The van der Waals surface area contributed by atoms with Crippen molar-refractivity contribution < 1.29 is 19.1 Å². The van der Waals surface area contributed by atoms with Gasteiger partial charge in [0.1, 0.15) is 12.1 Å². The number of nitrogens with one attached hydrogen (secondary N) is 1. The van der Waals surface area contributed by atoms with Crippen molar-refractivity contribution in [1.82, 2.24) is 5.32 Å². The van der Waals surface area contributed by atoms with Crippen molar-refractivity contribution in [2.45, 2.75) is 30.9 Å². The Labute approximate surface area is 153 Å². The van der Waals surface area contributed by atoms with Gasteiger partial charge in [0.25, 0.3) is 0 Å². The molecule has 1 amide bonds. The Morgan fingerprint density at radius 2 is 1.62 bits per heavy atom. The molecule has 0 aliphatic carbocycles. The number of amides is 1. The van der Waals surface area contributed by atoms with Crippen LogP contribution in [0.4, 0.5) is 0 Å². The first-order valence-electron chi connectivity index (χ1n) is 8.80. The Bertz CT molecular complexity index is 687. The van der Waals surface area contributed by atoms with E-state index >= 15 is 0 Å². The lowest BCUT2D eigenvalue weighted by molar-refractivity contribution is -0.146. The third-order valence-corrected chi connectivity index (χ3v) is 4.63. The molecule has 1 aliphatic rings. The number of hydrogen-bond donors (Lipinski definition) is 1. The van der Waals surface area contributed by atoms with Gasteiger partial charge in [-0.3, -0.25) is 4.79 Å². The number of carbonyl (C=O) groups excluding carboxylic acids is 2. The van der Waals surface area contributed by atoms with E-state index in [9.17, 15) is 9.59 Å². The minimum absolute atomic E-state index is 0.269. The van der Waals surface area contributed by atoms with Gasteiger partial charge in [-0.05, 0) is 24.0 Å². The van der Waals surface area contributed by atoms with E-state index in [0.29, 0.717) is 13.0 Å². The first-order valence-corrected chi connectivity index (χ1v) is 8.80. The molecule has 0 radical (unpaired) electrons. The Balaban J connectivity index is 1.96. The molecule has 0 saturated carbocycles. The molecule has 2 aromatic carbocycles. The van der Waals surface area contributed by atoms with Gasteiger partial charge in [-0.25, -0.2) is 4.79 Å². The number of hydrogen-bond acceptors (Lipinski definition) is 4. The van der Waals surface area contributed by atoms with E-state index in [4.69, 9.17) is 9.47 Å². The van der Waals surface area contributed by atoms with E-state index in [-0.39, 0.29) is 11.8 Å². The Kier molecular flexibility index (Phi) is 6.02. The van der Waals surface area contributed by atoms with Gasteiger partial charge in [-0.1, -0.05) is 60.7 Å². The summed E-state index contributed by atoms with van der Waals surface area (Å²) in [6.45, 7) is 0.571. The SMILES string of the molecule is COC(=O)[C@@H](NC(=O)[C@H]1CCCO1)C(c1ccccc1)c1ccccc1. The van der Waals surface area contributed by atoms with Gasteiger partial charge in [0.05, 0.1) is 7.11 Å². The number of rotatable bonds is 6. The fraction of sp³-hybridized carbons (Fsp3) is 0.333. The van der Waals surface area contributed by atoms with Crippen molar-refractivity contribution in [1.29, 1.82) is 0 Å². The van der Waals surface area contributed by atoms with Crippen LogP contribution in [0.25, 0.3) is 0 Å². The zero-order chi connectivity index (χ0) is 18.4. The van der Waals surface area contributed by atoms with Crippen LogP contribution in [-0.2, 0) is 19.1 Å². The fourth-order valence-corrected chi connectivity index (χ4v) is 3.33. The molecule has 136 valence electrons. The maximum absolute atomic E-state index is 12.6. The first-order chi connectivity index (χ1) is 12.7. The summed E-state index contributed by atoms with van der Waals surface area (Å²) >= 11 is 0. The average molecular weight is 353 g/mol. The summed E-state index contributed by atoms with van der Waals surface area (Å²) in [5.74, 6) is -1.10. The number of ether oxygens (including phenoxy) is 2. The van der Waals surface area contributed by atoms with E-state index < -0.39 is 18.1 Å². The lowest BCUT2D eigenvalue weighted by Gasteiger charge is -2.28. The van der Waals surface area contributed by atoms with Gasteiger partial charge in [-0.15, -0.1) is 0 Å². The monoisotopic (exact) mass is 353 g/mol. The Morgan fingerprint density at radius 3 is 2.08 bits per heavy atom. The van der Waals surface area contributed by atoms with Crippen LogP contribution >= 0.6 is 0 Å². The van der Waals surface area contributed by atoms with Crippen molar-refractivity contribution in [2.75, 3.05) is 13.7 Å². The minimum Gasteiger partial charge on any atom is -0.467 e. The van der Waals surface area contributed by atoms with E-state index in [1.54, 1.807) is 0 Å². The van der Waals surface area contributed by atoms with E-state index in [0.717, 1.165) is 17.5 Å². The van der Waals surface area contributed by atoms with Crippen molar-refractivity contribution >= 4 is 11.9 Å². The lowest BCUT2D eigenvalue weighted by Crippen LogP contribution is -2.49. The molecule has 1 saturated heterocycles. The smallest absolute Gasteiger partial charge is 0.329 e. The normalized spacial score (nSPS) is 17.7. The van der Waals surface area contributed by atoms with Gasteiger partial charge in [0, 0.05) is 12.5 Å². The molecule has 0 bridgehead atoms. The first kappa shape index (κ1) is 18.1. The fourth-order valence-electron chi connectivity index (χ4n) is 3.33. The van der Waals surface area contributed by atoms with Gasteiger partial charge in [-0.2, -0.15) is 0 Å². The molecule has 3 rings (SSSR count). The van der Waals surface area contributed by atoms with Gasteiger partial charge >= 0.3 is 5.97 Å². The van der Waals surface area contributed by atoms with Crippen LogP contribution in [0.15, 0.2) is 60.7 Å². The van der Waals surface area contributed by atoms with Crippen molar-refractivity contribution in [3.63, 3.8) is 0 Å². The van der Waals surface area contributed by atoms with Crippen LogP contribution in [0.5, 0.6) is 0 Å². The molecular weight excluding hydrogens is 330 g/mol. The average Bonchev–Trinajstić information content (AvgIpc) is 3.23. The predicted octanol–water partition coefficient (Wildman–Crippen LogP) is 2.66. The topological polar surface area (TPSA) is 64.6 Å². The quantitative estimate of drug-likeness (QED) is 0.811. The summed E-state index contributed by atoms with van der Waals surface area (Å²) in [6.07, 6.45) is 1.01. The number of esters is 1. The van der Waals surface area contributed by atoms with Crippen molar-refractivity contribution in [3.05, 3.63) is 71.8 Å². The third-order valence-electron chi connectivity index (χ3n) is 4.63. The molecule has 26 heavy (non-hydrogen) atoms. The number of benzene rings is 2. The van der Waals surface area contributed by atoms with Gasteiger partial charge < -0.3 is 14.8 Å². The summed E-state index contributed by atoms with van der Waals surface area (Å²) in [5, 5.41) is 2.87. The second kappa shape index (κ2) is 8.63. The minimum atomic E-state index is -0.832. The molecule has 0 aromatic heterocycles. The zero-order valence-electron chi connectivity index (χ0n) is 14.8.